The first-order valence-electron chi connectivity index (χ1n) is 12.2. The van der Waals surface area contributed by atoms with Crippen molar-refractivity contribution in [2.24, 2.45) is 0 Å². The zero-order valence-corrected chi connectivity index (χ0v) is 21.8. The summed E-state index contributed by atoms with van der Waals surface area (Å²) >= 11 is 3.39. The Balaban J connectivity index is 1.34. The summed E-state index contributed by atoms with van der Waals surface area (Å²) in [6.07, 6.45) is 2.03. The van der Waals surface area contributed by atoms with E-state index in [0.29, 0.717) is 16.8 Å². The summed E-state index contributed by atoms with van der Waals surface area (Å²) in [4.78, 5) is 30.5. The summed E-state index contributed by atoms with van der Waals surface area (Å²) in [5.41, 5.74) is 3.70. The van der Waals surface area contributed by atoms with Gasteiger partial charge in [0.2, 0.25) is 0 Å². The maximum Gasteiger partial charge on any atom is 0.255 e. The number of carbonyl (C=O) groups excluding carboxylic acids is 2. The molecule has 0 radical (unpaired) electrons. The smallest absolute Gasteiger partial charge is 0.255 e. The van der Waals surface area contributed by atoms with Crippen LogP contribution in [0.25, 0.3) is 0 Å². The third-order valence-electron chi connectivity index (χ3n) is 6.56. The largest absolute Gasteiger partial charge is 0.495 e. The van der Waals surface area contributed by atoms with Gasteiger partial charge in [0.05, 0.1) is 18.4 Å². The van der Waals surface area contributed by atoms with Gasteiger partial charge in [0.1, 0.15) is 5.75 Å². The summed E-state index contributed by atoms with van der Waals surface area (Å²) in [6.45, 7) is 3.16. The Hall–Kier alpha value is -3.52. The van der Waals surface area contributed by atoms with Gasteiger partial charge in [0.25, 0.3) is 11.8 Å². The molecule has 0 bridgehead atoms. The Morgan fingerprint density at radius 3 is 2.19 bits per heavy atom. The van der Waals surface area contributed by atoms with Crippen LogP contribution in [0.3, 0.4) is 0 Å². The van der Waals surface area contributed by atoms with Crippen molar-refractivity contribution in [2.75, 3.05) is 48.4 Å². The predicted molar refractivity (Wildman–Crippen MR) is 146 cm³/mol. The number of hydrogen-bond donors (Lipinski definition) is 2. The highest BCUT2D eigenvalue weighted by molar-refractivity contribution is 9.10. The standard InChI is InChI=1S/C28H29BrN4O3/c1-36-26-5-3-2-4-25(26)33-16-14-32(15-17-33)24-13-12-22(18-23(24)28(35)30-21-10-11-21)31-27(34)19-6-8-20(29)9-7-19/h2-9,12-13,18,21H,10-11,14-17H2,1H3,(H,30,35)(H,31,34). The van der Waals surface area contributed by atoms with Gasteiger partial charge in [-0.15, -0.1) is 0 Å². The zero-order valence-electron chi connectivity index (χ0n) is 20.2. The number of rotatable bonds is 7. The molecular weight excluding hydrogens is 520 g/mol. The van der Waals surface area contributed by atoms with Crippen LogP contribution < -0.4 is 25.2 Å². The molecule has 0 unspecified atom stereocenters. The van der Waals surface area contributed by atoms with E-state index in [4.69, 9.17) is 4.74 Å². The Morgan fingerprint density at radius 2 is 1.53 bits per heavy atom. The lowest BCUT2D eigenvalue weighted by molar-refractivity contribution is 0.0950. The molecule has 2 amide bonds. The van der Waals surface area contributed by atoms with Gasteiger partial charge in [0, 0.05) is 53.6 Å². The van der Waals surface area contributed by atoms with Crippen molar-refractivity contribution in [3.05, 3.63) is 82.3 Å². The number of nitrogens with zero attached hydrogens (tertiary/aromatic N) is 2. The number of amides is 2. The van der Waals surface area contributed by atoms with Gasteiger partial charge in [0.15, 0.2) is 0 Å². The van der Waals surface area contributed by atoms with Gasteiger partial charge in [-0.25, -0.2) is 0 Å². The molecule has 5 rings (SSSR count). The second-order valence-electron chi connectivity index (χ2n) is 9.09. The molecule has 1 saturated heterocycles. The number of halogens is 1. The summed E-state index contributed by atoms with van der Waals surface area (Å²) in [5.74, 6) is 0.551. The molecule has 186 valence electrons. The summed E-state index contributed by atoms with van der Waals surface area (Å²) in [5, 5.41) is 6.05. The van der Waals surface area contributed by atoms with Gasteiger partial charge in [-0.05, 0) is 67.4 Å². The number of ether oxygens (including phenoxy) is 1. The molecule has 8 heteroatoms. The van der Waals surface area contributed by atoms with Crippen molar-refractivity contribution in [3.8, 4) is 5.75 Å². The normalized spacial score (nSPS) is 15.4. The highest BCUT2D eigenvalue weighted by Gasteiger charge is 2.28. The van der Waals surface area contributed by atoms with Crippen LogP contribution in [0, 0.1) is 0 Å². The average molecular weight is 549 g/mol. The molecule has 0 atom stereocenters. The number of nitrogens with one attached hydrogen (secondary N) is 2. The molecular formula is C28H29BrN4O3. The fraction of sp³-hybridized carbons (Fsp3) is 0.286. The molecule has 0 spiro atoms. The van der Waals surface area contributed by atoms with Gasteiger partial charge < -0.3 is 25.2 Å². The van der Waals surface area contributed by atoms with Crippen LogP contribution >= 0.6 is 15.9 Å². The minimum atomic E-state index is -0.214. The fourth-order valence-electron chi connectivity index (χ4n) is 4.45. The van der Waals surface area contributed by atoms with Crippen molar-refractivity contribution in [2.45, 2.75) is 18.9 Å². The second-order valence-corrected chi connectivity index (χ2v) is 10.0. The maximum atomic E-state index is 13.2. The molecule has 1 saturated carbocycles. The van der Waals surface area contributed by atoms with Crippen molar-refractivity contribution in [1.82, 2.24) is 5.32 Å². The van der Waals surface area contributed by atoms with Crippen molar-refractivity contribution in [3.63, 3.8) is 0 Å². The van der Waals surface area contributed by atoms with E-state index < -0.39 is 0 Å². The maximum absolute atomic E-state index is 13.2. The highest BCUT2D eigenvalue weighted by atomic mass is 79.9. The van der Waals surface area contributed by atoms with Crippen LogP contribution in [0.5, 0.6) is 5.75 Å². The topological polar surface area (TPSA) is 73.9 Å². The summed E-state index contributed by atoms with van der Waals surface area (Å²) < 4.78 is 6.45. The van der Waals surface area contributed by atoms with Crippen LogP contribution in [0.1, 0.15) is 33.6 Å². The number of benzene rings is 3. The van der Waals surface area contributed by atoms with Crippen LogP contribution in [0.2, 0.25) is 0 Å². The SMILES string of the molecule is COc1ccccc1N1CCN(c2ccc(NC(=O)c3ccc(Br)cc3)cc2C(=O)NC2CC2)CC1. The molecule has 36 heavy (non-hydrogen) atoms. The lowest BCUT2D eigenvalue weighted by Gasteiger charge is -2.38. The van der Waals surface area contributed by atoms with E-state index in [9.17, 15) is 9.59 Å². The molecule has 1 heterocycles. The first-order chi connectivity index (χ1) is 17.5. The van der Waals surface area contributed by atoms with E-state index >= 15 is 0 Å². The molecule has 3 aromatic rings. The number of carbonyl (C=O) groups is 2. The molecule has 7 nitrogen and oxygen atoms in total. The van der Waals surface area contributed by atoms with Crippen LogP contribution in [0.15, 0.2) is 71.2 Å². The van der Waals surface area contributed by atoms with E-state index in [-0.39, 0.29) is 17.9 Å². The van der Waals surface area contributed by atoms with Gasteiger partial charge in [-0.1, -0.05) is 28.1 Å². The molecule has 1 aliphatic heterocycles. The Labute approximate surface area is 219 Å². The highest BCUT2D eigenvalue weighted by Crippen LogP contribution is 2.31. The molecule has 2 fully saturated rings. The molecule has 2 aliphatic rings. The molecule has 0 aromatic heterocycles. The predicted octanol–water partition coefficient (Wildman–Crippen LogP) is 4.93. The van der Waals surface area contributed by atoms with Crippen molar-refractivity contribution in [1.29, 1.82) is 0 Å². The van der Waals surface area contributed by atoms with Gasteiger partial charge in [-0.3, -0.25) is 9.59 Å². The lowest BCUT2D eigenvalue weighted by atomic mass is 10.1. The third kappa shape index (κ3) is 5.49. The van der Waals surface area contributed by atoms with E-state index in [1.54, 1.807) is 25.3 Å². The van der Waals surface area contributed by atoms with E-state index in [2.05, 4.69) is 42.4 Å². The third-order valence-corrected chi connectivity index (χ3v) is 7.09. The lowest BCUT2D eigenvalue weighted by Crippen LogP contribution is -2.47. The molecule has 1 aliphatic carbocycles. The van der Waals surface area contributed by atoms with Gasteiger partial charge >= 0.3 is 0 Å². The van der Waals surface area contributed by atoms with Crippen LogP contribution in [-0.4, -0.2) is 51.1 Å². The van der Waals surface area contributed by atoms with E-state index in [1.165, 1.54) is 0 Å². The first-order valence-corrected chi connectivity index (χ1v) is 13.0. The summed E-state index contributed by atoms with van der Waals surface area (Å²) in [6, 6.07) is 21.1. The van der Waals surface area contributed by atoms with Crippen LogP contribution in [0.4, 0.5) is 17.1 Å². The number of piperazine rings is 1. The average Bonchev–Trinajstić information content (AvgIpc) is 3.73. The number of anilines is 3. The zero-order chi connectivity index (χ0) is 25.1. The Bertz CT molecular complexity index is 1250. The minimum Gasteiger partial charge on any atom is -0.495 e. The number of hydrogen-bond acceptors (Lipinski definition) is 5. The van der Waals surface area contributed by atoms with E-state index in [0.717, 1.165) is 60.6 Å². The van der Waals surface area contributed by atoms with Crippen molar-refractivity contribution < 1.29 is 14.3 Å². The number of methoxy groups -OCH3 is 1. The van der Waals surface area contributed by atoms with Crippen molar-refractivity contribution >= 4 is 44.8 Å². The quantitative estimate of drug-likeness (QED) is 0.438. The monoisotopic (exact) mass is 548 g/mol. The van der Waals surface area contributed by atoms with Crippen LogP contribution in [-0.2, 0) is 0 Å². The molecule has 3 aromatic carbocycles. The minimum absolute atomic E-state index is 0.0978. The van der Waals surface area contributed by atoms with Gasteiger partial charge in [-0.2, -0.15) is 0 Å². The molecule has 2 N–H and O–H groups in total. The fourth-order valence-corrected chi connectivity index (χ4v) is 4.71. The Morgan fingerprint density at radius 1 is 0.861 bits per heavy atom. The summed E-state index contributed by atoms with van der Waals surface area (Å²) in [7, 11) is 1.69. The van der Waals surface area contributed by atoms with E-state index in [1.807, 2.05) is 42.5 Å². The Kier molecular flexibility index (Phi) is 7.13. The number of para-hydroxylation sites is 2. The second kappa shape index (κ2) is 10.6. The first kappa shape index (κ1) is 24.2.